The van der Waals surface area contributed by atoms with Gasteiger partial charge in [-0.15, -0.1) is 0 Å². The number of nitrogens with one attached hydrogen (secondary N) is 1. The first kappa shape index (κ1) is 25.9. The summed E-state index contributed by atoms with van der Waals surface area (Å²) < 4.78 is 5.29. The third-order valence-corrected chi connectivity index (χ3v) is 7.38. The molecule has 3 heterocycles. The first-order valence-electron chi connectivity index (χ1n) is 12.9. The molecular weight excluding hydrogens is 458 g/mol. The maximum atomic E-state index is 13.8. The summed E-state index contributed by atoms with van der Waals surface area (Å²) in [6.45, 7) is 4.03. The van der Waals surface area contributed by atoms with Gasteiger partial charge in [-0.2, -0.15) is 0 Å². The maximum Gasteiger partial charge on any atom is 0.325 e. The van der Waals surface area contributed by atoms with Gasteiger partial charge in [-0.25, -0.2) is 4.79 Å². The molecule has 0 radical (unpaired) electrons. The van der Waals surface area contributed by atoms with Gasteiger partial charge in [0.25, 0.3) is 11.8 Å². The molecule has 2 saturated heterocycles. The number of urea groups is 1. The van der Waals surface area contributed by atoms with Gasteiger partial charge in [0, 0.05) is 38.7 Å². The van der Waals surface area contributed by atoms with Crippen molar-refractivity contribution in [2.45, 2.75) is 51.0 Å². The molecular formula is C27H37N5O4. The molecule has 0 unspecified atom stereocenters. The van der Waals surface area contributed by atoms with E-state index in [1.54, 1.807) is 11.0 Å². The molecule has 1 aromatic heterocycles. The Hall–Kier alpha value is -3.20. The number of carbonyl (C=O) groups is 3. The molecule has 2 fully saturated rings. The Labute approximate surface area is 212 Å². The molecule has 4 rings (SSSR count). The van der Waals surface area contributed by atoms with Crippen molar-refractivity contribution in [3.8, 4) is 0 Å². The van der Waals surface area contributed by atoms with Gasteiger partial charge < -0.3 is 19.6 Å². The molecule has 194 valence electrons. The summed E-state index contributed by atoms with van der Waals surface area (Å²) in [5.74, 6) is 0.370. The lowest BCUT2D eigenvalue weighted by Crippen LogP contribution is -2.57. The number of aryl methyl sites for hydroxylation is 2. The number of benzene rings is 1. The molecule has 0 bridgehead atoms. The zero-order chi connectivity index (χ0) is 25.7. The molecule has 1 aromatic carbocycles. The van der Waals surface area contributed by atoms with Crippen LogP contribution in [0.1, 0.15) is 54.4 Å². The number of likely N-dealkylation sites (tertiary alicyclic amines) is 1. The highest BCUT2D eigenvalue weighted by Crippen LogP contribution is 2.37. The summed E-state index contributed by atoms with van der Waals surface area (Å²) in [4.78, 5) is 44.9. The van der Waals surface area contributed by atoms with Gasteiger partial charge in [-0.05, 0) is 57.7 Å². The van der Waals surface area contributed by atoms with Gasteiger partial charge in [-0.3, -0.25) is 14.5 Å². The fourth-order valence-corrected chi connectivity index (χ4v) is 5.30. The normalized spacial score (nSPS) is 20.9. The zero-order valence-electron chi connectivity index (χ0n) is 21.5. The number of hydrogen-bond donors (Lipinski definition) is 1. The Balaban J connectivity index is 1.48. The van der Waals surface area contributed by atoms with Gasteiger partial charge >= 0.3 is 6.03 Å². The van der Waals surface area contributed by atoms with Crippen molar-refractivity contribution < 1.29 is 18.9 Å². The Morgan fingerprint density at radius 3 is 2.56 bits per heavy atom. The summed E-state index contributed by atoms with van der Waals surface area (Å²) in [6.07, 6.45) is 4.15. The highest BCUT2D eigenvalue weighted by Gasteiger charge is 2.55. The van der Waals surface area contributed by atoms with Crippen LogP contribution in [0.5, 0.6) is 0 Å². The maximum absolute atomic E-state index is 13.8. The highest BCUT2D eigenvalue weighted by molar-refractivity contribution is 6.07. The van der Waals surface area contributed by atoms with Gasteiger partial charge in [0.1, 0.15) is 11.3 Å². The van der Waals surface area contributed by atoms with Crippen LogP contribution in [0.4, 0.5) is 4.79 Å². The van der Waals surface area contributed by atoms with Crippen LogP contribution in [0.15, 0.2) is 40.9 Å². The van der Waals surface area contributed by atoms with E-state index in [0.29, 0.717) is 63.3 Å². The number of hydrogen-bond acceptors (Lipinski definition) is 6. The van der Waals surface area contributed by atoms with Crippen LogP contribution < -0.4 is 5.32 Å². The number of rotatable bonds is 10. The standard InChI is InChI=1S/C27H37N5O4/c1-4-8-22-19-23(29-36-22)24(33)31-15-12-21(13-16-31)27(14-11-20-9-6-5-7-10-20)25(34)32(26(35)28-27)18-17-30(2)3/h5-7,9-10,19,21H,4,8,11-18H2,1-3H3,(H,28,35)/t27-/m0/s1. The summed E-state index contributed by atoms with van der Waals surface area (Å²) in [6, 6.07) is 11.4. The minimum absolute atomic E-state index is 0.0565. The SMILES string of the molecule is CCCc1cc(C(=O)N2CCC([C@]3(CCc4ccccc4)NC(=O)N(CCN(C)C)C3=O)CC2)no1. The fraction of sp³-hybridized carbons (Fsp3) is 0.556. The second-order valence-electron chi connectivity index (χ2n) is 10.1. The number of nitrogens with zero attached hydrogens (tertiary/aromatic N) is 4. The Kier molecular flexibility index (Phi) is 8.08. The lowest BCUT2D eigenvalue weighted by molar-refractivity contribution is -0.134. The number of carbonyl (C=O) groups excluding carboxylic acids is 3. The smallest absolute Gasteiger partial charge is 0.325 e. The molecule has 0 spiro atoms. The van der Waals surface area contributed by atoms with Crippen molar-refractivity contribution in [1.29, 1.82) is 0 Å². The Bertz CT molecular complexity index is 1060. The van der Waals surface area contributed by atoms with Crippen molar-refractivity contribution in [2.24, 2.45) is 5.92 Å². The van der Waals surface area contributed by atoms with E-state index in [1.807, 2.05) is 56.3 Å². The van der Waals surface area contributed by atoms with Crippen LogP contribution in [0.25, 0.3) is 0 Å². The predicted octanol–water partition coefficient (Wildman–Crippen LogP) is 2.96. The summed E-state index contributed by atoms with van der Waals surface area (Å²) in [5.41, 5.74) is 0.499. The molecule has 1 atom stereocenters. The van der Waals surface area contributed by atoms with Crippen molar-refractivity contribution in [3.63, 3.8) is 0 Å². The number of amides is 4. The second kappa shape index (κ2) is 11.2. The number of piperidine rings is 1. The van der Waals surface area contributed by atoms with Crippen LogP contribution >= 0.6 is 0 Å². The molecule has 2 aliphatic rings. The van der Waals surface area contributed by atoms with E-state index in [2.05, 4.69) is 10.5 Å². The molecule has 9 nitrogen and oxygen atoms in total. The zero-order valence-corrected chi connectivity index (χ0v) is 21.5. The average Bonchev–Trinajstić information content (AvgIpc) is 3.44. The van der Waals surface area contributed by atoms with Crippen LogP contribution in [-0.2, 0) is 17.6 Å². The lowest BCUT2D eigenvalue weighted by atomic mass is 9.74. The van der Waals surface area contributed by atoms with Crippen molar-refractivity contribution >= 4 is 17.8 Å². The topological polar surface area (TPSA) is 99.0 Å². The van der Waals surface area contributed by atoms with E-state index < -0.39 is 5.54 Å². The summed E-state index contributed by atoms with van der Waals surface area (Å²) in [5, 5.41) is 7.07. The van der Waals surface area contributed by atoms with E-state index >= 15 is 0 Å². The fourth-order valence-electron chi connectivity index (χ4n) is 5.30. The van der Waals surface area contributed by atoms with Crippen LogP contribution in [0.3, 0.4) is 0 Å². The third kappa shape index (κ3) is 5.46. The molecule has 2 aromatic rings. The van der Waals surface area contributed by atoms with Gasteiger partial charge in [0.15, 0.2) is 5.69 Å². The first-order chi connectivity index (χ1) is 17.3. The highest BCUT2D eigenvalue weighted by atomic mass is 16.5. The van der Waals surface area contributed by atoms with Crippen LogP contribution in [0.2, 0.25) is 0 Å². The van der Waals surface area contributed by atoms with Crippen molar-refractivity contribution in [1.82, 2.24) is 25.2 Å². The molecule has 4 amide bonds. The molecule has 9 heteroatoms. The number of imide groups is 1. The van der Waals surface area contributed by atoms with Crippen molar-refractivity contribution in [3.05, 3.63) is 53.4 Å². The van der Waals surface area contributed by atoms with Crippen LogP contribution in [0, 0.1) is 5.92 Å². The minimum atomic E-state index is -0.962. The van der Waals surface area contributed by atoms with Crippen LogP contribution in [-0.4, -0.2) is 83.5 Å². The van der Waals surface area contributed by atoms with E-state index in [9.17, 15) is 14.4 Å². The lowest BCUT2D eigenvalue weighted by Gasteiger charge is -2.41. The minimum Gasteiger partial charge on any atom is -0.361 e. The van der Waals surface area contributed by atoms with Crippen molar-refractivity contribution in [2.75, 3.05) is 40.3 Å². The molecule has 0 saturated carbocycles. The van der Waals surface area contributed by atoms with E-state index in [0.717, 1.165) is 18.4 Å². The van der Waals surface area contributed by atoms with E-state index in [1.165, 1.54) is 4.90 Å². The van der Waals surface area contributed by atoms with E-state index in [-0.39, 0.29) is 23.8 Å². The summed E-state index contributed by atoms with van der Waals surface area (Å²) in [7, 11) is 3.85. The first-order valence-corrected chi connectivity index (χ1v) is 12.9. The average molecular weight is 496 g/mol. The quantitative estimate of drug-likeness (QED) is 0.509. The Morgan fingerprint density at radius 1 is 1.17 bits per heavy atom. The molecule has 0 aliphatic carbocycles. The number of aromatic nitrogens is 1. The number of likely N-dealkylation sites (N-methyl/N-ethyl adjacent to an activating group) is 1. The molecule has 36 heavy (non-hydrogen) atoms. The Morgan fingerprint density at radius 2 is 1.89 bits per heavy atom. The van der Waals surface area contributed by atoms with Gasteiger partial charge in [0.2, 0.25) is 0 Å². The van der Waals surface area contributed by atoms with Gasteiger partial charge in [0.05, 0.1) is 0 Å². The van der Waals surface area contributed by atoms with Gasteiger partial charge in [-0.1, -0.05) is 42.4 Å². The second-order valence-corrected chi connectivity index (χ2v) is 10.1. The third-order valence-electron chi connectivity index (χ3n) is 7.38. The largest absolute Gasteiger partial charge is 0.361 e. The monoisotopic (exact) mass is 495 g/mol. The molecule has 2 aliphatic heterocycles. The predicted molar refractivity (Wildman–Crippen MR) is 135 cm³/mol. The summed E-state index contributed by atoms with van der Waals surface area (Å²) >= 11 is 0. The molecule has 1 N–H and O–H groups in total. The van der Waals surface area contributed by atoms with E-state index in [4.69, 9.17) is 4.52 Å².